The van der Waals surface area contributed by atoms with E-state index in [1.807, 2.05) is 0 Å². The molecule has 0 fully saturated rings. The first-order valence-electron chi connectivity index (χ1n) is 6.63. The first-order valence-corrected chi connectivity index (χ1v) is 6.63. The molecule has 15 heteroatoms. The van der Waals surface area contributed by atoms with Crippen LogP contribution in [0.5, 0.6) is 0 Å². The number of carbonyl (C=O) groups excluding carboxylic acids is 4. The third kappa shape index (κ3) is 11.0. The van der Waals surface area contributed by atoms with Crippen molar-refractivity contribution in [3.8, 4) is 0 Å². The van der Waals surface area contributed by atoms with Crippen molar-refractivity contribution in [2.24, 2.45) is 0 Å². The molecule has 0 bridgehead atoms. The van der Waals surface area contributed by atoms with Gasteiger partial charge in [-0.15, -0.1) is 0 Å². The molecule has 0 aliphatic carbocycles. The maximum absolute atomic E-state index is 10.4. The standard InChI is InChI=1S/2C6H10O7.Ca/c2*7-1-2(8)3(9)4(10)5(11)6(12)13;/h2*2-4,7-10H,1H2,(H,12,13);/q;;+2/p-2. The van der Waals surface area contributed by atoms with E-state index in [-0.39, 0.29) is 37.7 Å². The Morgan fingerprint density at radius 1 is 0.630 bits per heavy atom. The Morgan fingerprint density at radius 3 is 1.00 bits per heavy atom. The van der Waals surface area contributed by atoms with Gasteiger partial charge in [-0.05, 0) is 0 Å². The SMILES string of the molecule is O=C([O-])C(=O)C(O)C(O)C(O)CO.O=C([O-])C(=O)C(O)C(O)C(O)CO.[Ca+2]. The molecule has 6 unspecified atom stereocenters. The summed E-state index contributed by atoms with van der Waals surface area (Å²) in [7, 11) is 0. The van der Waals surface area contributed by atoms with Gasteiger partial charge in [0.25, 0.3) is 0 Å². The van der Waals surface area contributed by atoms with Crippen LogP contribution in [0.1, 0.15) is 0 Å². The molecule has 14 nitrogen and oxygen atoms in total. The Balaban J connectivity index is -0.000000411. The zero-order valence-corrected chi connectivity index (χ0v) is 15.8. The van der Waals surface area contributed by atoms with Gasteiger partial charge >= 0.3 is 37.7 Å². The number of carboxylic acids is 2. The number of ketones is 2. The van der Waals surface area contributed by atoms with E-state index in [9.17, 15) is 29.4 Å². The summed E-state index contributed by atoms with van der Waals surface area (Å²) in [6.07, 6.45) is -12.2. The maximum Gasteiger partial charge on any atom is 2.00 e. The van der Waals surface area contributed by atoms with E-state index in [0.29, 0.717) is 0 Å². The van der Waals surface area contributed by atoms with Crippen molar-refractivity contribution in [3.63, 3.8) is 0 Å². The Kier molecular flexibility index (Phi) is 17.4. The zero-order valence-electron chi connectivity index (χ0n) is 13.6. The second-order valence-electron chi connectivity index (χ2n) is 4.67. The van der Waals surface area contributed by atoms with Gasteiger partial charge in [0, 0.05) is 0 Å². The van der Waals surface area contributed by atoms with Gasteiger partial charge in [-0.2, -0.15) is 0 Å². The van der Waals surface area contributed by atoms with Crippen LogP contribution in [0.15, 0.2) is 0 Å². The minimum Gasteiger partial charge on any atom is -0.542 e. The molecular weight excluding hydrogens is 408 g/mol. The Bertz CT molecular complexity index is 452. The quantitative estimate of drug-likeness (QED) is 0.119. The number of Topliss-reactive ketones (excluding diaryl/α,β-unsaturated/α-hetero) is 2. The van der Waals surface area contributed by atoms with E-state index in [4.69, 9.17) is 40.9 Å². The Labute approximate surface area is 180 Å². The van der Waals surface area contributed by atoms with Crippen LogP contribution < -0.4 is 10.2 Å². The number of rotatable bonds is 10. The van der Waals surface area contributed by atoms with Gasteiger partial charge in [-0.1, -0.05) is 0 Å². The predicted molar refractivity (Wildman–Crippen MR) is 76.0 cm³/mol. The molecule has 0 saturated heterocycles. The molecule has 27 heavy (non-hydrogen) atoms. The van der Waals surface area contributed by atoms with E-state index in [1.54, 1.807) is 0 Å². The van der Waals surface area contributed by atoms with Gasteiger partial charge in [0.05, 0.1) is 13.2 Å². The average Bonchev–Trinajstić information content (AvgIpc) is 2.62. The predicted octanol–water partition coefficient (Wildman–Crippen LogP) is -9.62. The van der Waals surface area contributed by atoms with E-state index < -0.39 is 73.3 Å². The summed E-state index contributed by atoms with van der Waals surface area (Å²) in [5, 5.41) is 88.9. The second-order valence-corrected chi connectivity index (χ2v) is 4.67. The van der Waals surface area contributed by atoms with Crippen LogP contribution in [0.2, 0.25) is 0 Å². The van der Waals surface area contributed by atoms with E-state index >= 15 is 0 Å². The minimum atomic E-state index is -2.30. The monoisotopic (exact) mass is 426 g/mol. The minimum absolute atomic E-state index is 0. The fourth-order valence-electron chi connectivity index (χ4n) is 1.19. The summed E-state index contributed by atoms with van der Waals surface area (Å²) in [4.78, 5) is 40.6. The number of carboxylic acid groups (broad SMARTS) is 2. The number of aliphatic hydroxyl groups excluding tert-OH is 8. The molecule has 8 N–H and O–H groups in total. The number of hydrogen-bond donors (Lipinski definition) is 8. The van der Waals surface area contributed by atoms with Crippen molar-refractivity contribution in [2.75, 3.05) is 13.2 Å². The van der Waals surface area contributed by atoms with Crippen LogP contribution in [0, 0.1) is 0 Å². The van der Waals surface area contributed by atoms with Crippen molar-refractivity contribution in [3.05, 3.63) is 0 Å². The van der Waals surface area contributed by atoms with Crippen molar-refractivity contribution in [1.29, 1.82) is 0 Å². The average molecular weight is 426 g/mol. The molecule has 0 radical (unpaired) electrons. The molecule has 6 atom stereocenters. The molecule has 0 rings (SSSR count). The van der Waals surface area contributed by atoms with Gasteiger partial charge in [-0.25, -0.2) is 0 Å². The summed E-state index contributed by atoms with van der Waals surface area (Å²) >= 11 is 0. The summed E-state index contributed by atoms with van der Waals surface area (Å²) in [5.41, 5.74) is 0. The smallest absolute Gasteiger partial charge is 0.542 e. The van der Waals surface area contributed by atoms with E-state index in [0.717, 1.165) is 0 Å². The largest absolute Gasteiger partial charge is 2.00 e. The Morgan fingerprint density at radius 2 is 0.852 bits per heavy atom. The van der Waals surface area contributed by atoms with Crippen molar-refractivity contribution >= 4 is 61.2 Å². The summed E-state index contributed by atoms with van der Waals surface area (Å²) in [6, 6.07) is 0. The molecule has 0 aliphatic heterocycles. The number of hydrogen-bond acceptors (Lipinski definition) is 14. The van der Waals surface area contributed by atoms with Gasteiger partial charge in [0.1, 0.15) is 48.6 Å². The molecule has 0 aromatic carbocycles. The van der Waals surface area contributed by atoms with Crippen LogP contribution in [-0.4, -0.2) is 152 Å². The van der Waals surface area contributed by atoms with Gasteiger partial charge < -0.3 is 60.7 Å². The van der Waals surface area contributed by atoms with E-state index in [1.165, 1.54) is 0 Å². The van der Waals surface area contributed by atoms with E-state index in [2.05, 4.69) is 0 Å². The molecule has 0 aromatic rings. The van der Waals surface area contributed by atoms with Crippen LogP contribution in [0.3, 0.4) is 0 Å². The molecule has 0 heterocycles. The van der Waals surface area contributed by atoms with Gasteiger partial charge in [-0.3, -0.25) is 9.59 Å². The molecule has 0 saturated carbocycles. The summed E-state index contributed by atoms with van der Waals surface area (Å²) < 4.78 is 0. The number of carbonyl (C=O) groups is 4. The van der Waals surface area contributed by atoms with Crippen molar-refractivity contribution < 1.29 is 70.2 Å². The second kappa shape index (κ2) is 15.2. The number of aliphatic hydroxyl groups is 8. The van der Waals surface area contributed by atoms with Crippen LogP contribution in [0.4, 0.5) is 0 Å². The number of aliphatic carboxylic acids is 2. The maximum atomic E-state index is 10.4. The fourth-order valence-corrected chi connectivity index (χ4v) is 1.19. The molecule has 0 aromatic heterocycles. The molecular formula is C12H18CaO14. The molecule has 0 spiro atoms. The van der Waals surface area contributed by atoms with Crippen LogP contribution in [-0.2, 0) is 19.2 Å². The normalized spacial score (nSPS) is 16.9. The Hall–Kier alpha value is -0.780. The fraction of sp³-hybridized carbons (Fsp3) is 0.667. The third-order valence-corrected chi connectivity index (χ3v) is 2.75. The molecule has 152 valence electrons. The van der Waals surface area contributed by atoms with Crippen LogP contribution in [0.25, 0.3) is 0 Å². The first-order chi connectivity index (χ1) is 11.8. The summed E-state index contributed by atoms with van der Waals surface area (Å²) in [6.45, 7) is -1.81. The van der Waals surface area contributed by atoms with Gasteiger partial charge in [0.2, 0.25) is 11.6 Å². The van der Waals surface area contributed by atoms with Crippen molar-refractivity contribution in [2.45, 2.75) is 36.6 Å². The summed E-state index contributed by atoms with van der Waals surface area (Å²) in [5.74, 6) is -7.84. The molecule has 0 amide bonds. The third-order valence-electron chi connectivity index (χ3n) is 2.75. The van der Waals surface area contributed by atoms with Gasteiger partial charge in [0.15, 0.2) is 0 Å². The zero-order chi connectivity index (χ0) is 21.2. The van der Waals surface area contributed by atoms with Crippen LogP contribution >= 0.6 is 0 Å². The first kappa shape index (κ1) is 30.9. The topological polar surface area (TPSA) is 276 Å². The van der Waals surface area contributed by atoms with Crippen molar-refractivity contribution in [1.82, 2.24) is 0 Å². The molecule has 0 aliphatic rings.